The molecule has 29 heavy (non-hydrogen) atoms. The summed E-state index contributed by atoms with van der Waals surface area (Å²) in [7, 11) is 0. The van der Waals surface area contributed by atoms with Crippen molar-refractivity contribution in [2.24, 2.45) is 5.73 Å². The van der Waals surface area contributed by atoms with Crippen LogP contribution in [0.5, 0.6) is 0 Å². The maximum absolute atomic E-state index is 12.8. The average Bonchev–Trinajstić information content (AvgIpc) is 3.00. The van der Waals surface area contributed by atoms with Gasteiger partial charge in [-0.3, -0.25) is 24.1 Å². The Morgan fingerprint density at radius 3 is 2.45 bits per heavy atom. The molecular formula is C20H22ClN3O4S. The van der Waals surface area contributed by atoms with Crippen LogP contribution in [0.15, 0.2) is 34.7 Å². The smallest absolute Gasteiger partial charge is 0.294 e. The number of thioether (sulfide) groups is 1. The van der Waals surface area contributed by atoms with Crippen LogP contribution in [-0.2, 0) is 9.59 Å². The van der Waals surface area contributed by atoms with E-state index in [1.54, 1.807) is 29.2 Å². The Morgan fingerprint density at radius 2 is 1.86 bits per heavy atom. The summed E-state index contributed by atoms with van der Waals surface area (Å²) in [5.74, 6) is -1.29. The zero-order valence-corrected chi connectivity index (χ0v) is 17.6. The van der Waals surface area contributed by atoms with Gasteiger partial charge in [0.2, 0.25) is 5.91 Å². The van der Waals surface area contributed by atoms with Crippen molar-refractivity contribution in [1.29, 1.82) is 0 Å². The van der Waals surface area contributed by atoms with E-state index in [0.717, 1.165) is 22.2 Å². The van der Waals surface area contributed by atoms with Crippen molar-refractivity contribution in [2.75, 3.05) is 13.1 Å². The van der Waals surface area contributed by atoms with E-state index < -0.39 is 23.1 Å². The van der Waals surface area contributed by atoms with E-state index in [4.69, 9.17) is 17.3 Å². The number of halogens is 1. The molecule has 154 valence electrons. The van der Waals surface area contributed by atoms with Crippen LogP contribution >= 0.6 is 23.4 Å². The lowest BCUT2D eigenvalue weighted by molar-refractivity contribution is -0.132. The van der Waals surface area contributed by atoms with Gasteiger partial charge in [-0.15, -0.1) is 0 Å². The Bertz CT molecular complexity index is 891. The van der Waals surface area contributed by atoms with Crippen LogP contribution in [0.2, 0.25) is 5.02 Å². The molecule has 9 heteroatoms. The molecule has 2 aliphatic heterocycles. The fourth-order valence-electron chi connectivity index (χ4n) is 3.55. The second kappa shape index (κ2) is 9.00. The zero-order valence-electron chi connectivity index (χ0n) is 16.0. The molecule has 0 radical (unpaired) electrons. The summed E-state index contributed by atoms with van der Waals surface area (Å²) in [6.45, 7) is 2.72. The molecule has 4 amide bonds. The van der Waals surface area contributed by atoms with Crippen molar-refractivity contribution in [3.05, 3.63) is 45.3 Å². The first-order valence-electron chi connectivity index (χ1n) is 9.45. The van der Waals surface area contributed by atoms with E-state index in [1.807, 2.05) is 6.92 Å². The van der Waals surface area contributed by atoms with Gasteiger partial charge in [0.1, 0.15) is 6.04 Å². The van der Waals surface area contributed by atoms with Gasteiger partial charge in [0.05, 0.1) is 15.5 Å². The van der Waals surface area contributed by atoms with Crippen LogP contribution in [-0.4, -0.2) is 51.9 Å². The van der Waals surface area contributed by atoms with Crippen molar-refractivity contribution in [3.8, 4) is 0 Å². The summed E-state index contributed by atoms with van der Waals surface area (Å²) in [6.07, 6.45) is 1.94. The molecule has 0 bridgehead atoms. The quantitative estimate of drug-likeness (QED) is 0.716. The number of likely N-dealkylation sites (tertiary alicyclic amines) is 1. The molecule has 1 atom stereocenters. The highest BCUT2D eigenvalue weighted by atomic mass is 35.5. The van der Waals surface area contributed by atoms with Gasteiger partial charge in [-0.2, -0.15) is 0 Å². The molecule has 2 fully saturated rings. The molecule has 3 rings (SSSR count). The van der Waals surface area contributed by atoms with Gasteiger partial charge in [-0.1, -0.05) is 37.1 Å². The molecule has 0 aromatic heterocycles. The Hall–Kier alpha value is -2.32. The van der Waals surface area contributed by atoms with Crippen molar-refractivity contribution < 1.29 is 19.2 Å². The lowest BCUT2D eigenvalue weighted by Crippen LogP contribution is -2.47. The minimum Gasteiger partial charge on any atom is -0.368 e. The Balaban J connectivity index is 1.73. The van der Waals surface area contributed by atoms with Gasteiger partial charge in [0.25, 0.3) is 17.1 Å². The third-order valence-corrected chi connectivity index (χ3v) is 6.45. The van der Waals surface area contributed by atoms with E-state index in [-0.39, 0.29) is 5.91 Å². The van der Waals surface area contributed by atoms with Crippen LogP contribution in [0, 0.1) is 0 Å². The fraction of sp³-hybridized carbons (Fsp3) is 0.400. The number of nitrogens with zero attached hydrogens (tertiary/aromatic N) is 2. The number of piperidine rings is 1. The number of rotatable bonds is 5. The molecule has 7 nitrogen and oxygen atoms in total. The summed E-state index contributed by atoms with van der Waals surface area (Å²) in [4.78, 5) is 52.7. The van der Waals surface area contributed by atoms with E-state index >= 15 is 0 Å². The maximum atomic E-state index is 12.8. The highest BCUT2D eigenvalue weighted by Crippen LogP contribution is 2.38. The van der Waals surface area contributed by atoms with Crippen LogP contribution in [0.3, 0.4) is 0 Å². The van der Waals surface area contributed by atoms with Crippen LogP contribution in [0.1, 0.15) is 43.0 Å². The number of hydrogen-bond donors (Lipinski definition) is 1. The van der Waals surface area contributed by atoms with Gasteiger partial charge in [-0.25, -0.2) is 0 Å². The van der Waals surface area contributed by atoms with E-state index in [2.05, 4.69) is 0 Å². The first kappa shape index (κ1) is 21.4. The van der Waals surface area contributed by atoms with Gasteiger partial charge in [0.15, 0.2) is 0 Å². The lowest BCUT2D eigenvalue weighted by atomic mass is 10.0. The maximum Gasteiger partial charge on any atom is 0.294 e. The summed E-state index contributed by atoms with van der Waals surface area (Å²) in [5, 5.41) is -0.0674. The minimum absolute atomic E-state index is 0.153. The Labute approximate surface area is 178 Å². The standard InChI is InChI=1S/C20H22ClN3O4S/c1-2-5-15(17(22)25)24-19(27)16(29-20(24)28)12-8-10-23(11-9-12)18(26)13-6-3-4-7-14(13)21/h3-4,6-7,15H,2,5,8-11H2,1H3,(H2,22,25). The first-order chi connectivity index (χ1) is 13.8. The van der Waals surface area contributed by atoms with Crippen LogP contribution in [0.4, 0.5) is 4.79 Å². The fourth-order valence-corrected chi connectivity index (χ4v) is 4.78. The molecule has 0 spiro atoms. The number of imide groups is 1. The van der Waals surface area contributed by atoms with E-state index in [1.165, 1.54) is 0 Å². The SMILES string of the molecule is CCCC(C(N)=O)N1C(=O)SC(=C2CCN(C(=O)c3ccccc3Cl)CC2)C1=O. The second-order valence-corrected chi connectivity index (χ2v) is 8.32. The Kier molecular flexibility index (Phi) is 6.64. The topological polar surface area (TPSA) is 101 Å². The Morgan fingerprint density at radius 1 is 1.21 bits per heavy atom. The molecule has 1 unspecified atom stereocenters. The second-order valence-electron chi connectivity index (χ2n) is 6.95. The molecule has 0 aliphatic carbocycles. The van der Waals surface area contributed by atoms with Crippen molar-refractivity contribution in [1.82, 2.24) is 9.80 Å². The molecule has 1 aromatic carbocycles. The first-order valence-corrected chi connectivity index (χ1v) is 10.6. The number of nitrogens with two attached hydrogens (primary N) is 1. The largest absolute Gasteiger partial charge is 0.368 e. The highest BCUT2D eigenvalue weighted by molar-refractivity contribution is 8.18. The summed E-state index contributed by atoms with van der Waals surface area (Å²) >= 11 is 6.97. The number of primary amides is 1. The number of carbonyl (C=O) groups is 4. The number of carbonyl (C=O) groups excluding carboxylic acids is 4. The zero-order chi connectivity index (χ0) is 21.1. The predicted octanol–water partition coefficient (Wildman–Crippen LogP) is 3.18. The van der Waals surface area contributed by atoms with Crippen molar-refractivity contribution >= 4 is 46.3 Å². The molecule has 2 saturated heterocycles. The third kappa shape index (κ3) is 4.33. The van der Waals surface area contributed by atoms with Crippen molar-refractivity contribution in [3.63, 3.8) is 0 Å². The van der Waals surface area contributed by atoms with E-state index in [9.17, 15) is 19.2 Å². The molecular weight excluding hydrogens is 414 g/mol. The lowest BCUT2D eigenvalue weighted by Gasteiger charge is -2.29. The van der Waals surface area contributed by atoms with Gasteiger partial charge in [-0.05, 0) is 48.7 Å². The third-order valence-electron chi connectivity index (χ3n) is 5.08. The normalized spacial score (nSPS) is 18.4. The van der Waals surface area contributed by atoms with Gasteiger partial charge in [0, 0.05) is 13.1 Å². The van der Waals surface area contributed by atoms with E-state index in [0.29, 0.717) is 54.3 Å². The molecule has 1 aromatic rings. The average molecular weight is 436 g/mol. The van der Waals surface area contributed by atoms with Crippen LogP contribution < -0.4 is 5.73 Å². The molecule has 0 saturated carbocycles. The monoisotopic (exact) mass is 435 g/mol. The highest BCUT2D eigenvalue weighted by Gasteiger charge is 2.43. The predicted molar refractivity (Wildman–Crippen MR) is 111 cm³/mol. The molecule has 2 N–H and O–H groups in total. The van der Waals surface area contributed by atoms with Gasteiger partial charge < -0.3 is 10.6 Å². The molecule has 2 aliphatic rings. The van der Waals surface area contributed by atoms with Crippen molar-refractivity contribution in [2.45, 2.75) is 38.6 Å². The van der Waals surface area contributed by atoms with Crippen LogP contribution in [0.25, 0.3) is 0 Å². The minimum atomic E-state index is -0.924. The summed E-state index contributed by atoms with van der Waals surface area (Å²) in [5.41, 5.74) is 6.68. The summed E-state index contributed by atoms with van der Waals surface area (Å²) < 4.78 is 0. The number of benzene rings is 1. The number of amides is 4. The molecule has 2 heterocycles. The number of hydrogen-bond acceptors (Lipinski definition) is 5. The summed E-state index contributed by atoms with van der Waals surface area (Å²) in [6, 6.07) is 5.96. The van der Waals surface area contributed by atoms with Gasteiger partial charge >= 0.3 is 0 Å².